The first-order valence-corrected chi connectivity index (χ1v) is 13.0. The van der Waals surface area contributed by atoms with Gasteiger partial charge in [-0.05, 0) is 32.4 Å². The second-order valence-electron chi connectivity index (χ2n) is 8.56. The highest BCUT2D eigenvalue weighted by Gasteiger charge is 2.32. The van der Waals surface area contributed by atoms with E-state index in [0.29, 0.717) is 35.6 Å². The lowest BCUT2D eigenvalue weighted by Crippen LogP contribution is -2.51. The number of β-amino-alcohol motifs (C(OH)–C–C–N with tert-alkyl or cyclic N) is 1. The van der Waals surface area contributed by atoms with Crippen LogP contribution in [-0.4, -0.2) is 75.4 Å². The van der Waals surface area contributed by atoms with E-state index in [-0.39, 0.29) is 35.6 Å². The maximum absolute atomic E-state index is 15.0. The number of anilines is 1. The highest BCUT2D eigenvalue weighted by molar-refractivity contribution is 7.88. The van der Waals surface area contributed by atoms with Crippen LogP contribution < -0.4 is 11.1 Å². The molecule has 1 fully saturated rings. The molecule has 0 saturated carbocycles. The molecule has 0 spiro atoms. The lowest BCUT2D eigenvalue weighted by atomic mass is 10.0. The molecule has 0 bridgehead atoms. The first-order valence-electron chi connectivity index (χ1n) is 10.8. The van der Waals surface area contributed by atoms with Crippen molar-refractivity contribution >= 4 is 38.6 Å². The van der Waals surface area contributed by atoms with Gasteiger partial charge in [0.25, 0.3) is 0 Å². The Morgan fingerprint density at radius 3 is 2.76 bits per heavy atom. The number of piperidine rings is 1. The maximum Gasteiger partial charge on any atom is 0.223 e. The minimum atomic E-state index is -3.39. The van der Waals surface area contributed by atoms with Crippen molar-refractivity contribution in [3.8, 4) is 11.3 Å². The number of aromatic nitrogens is 4. The zero-order valence-electron chi connectivity index (χ0n) is 19.0. The number of sulfonamides is 1. The number of benzene rings is 1. The molecule has 1 aliphatic rings. The molecule has 4 rings (SSSR count). The van der Waals surface area contributed by atoms with Crippen molar-refractivity contribution in [1.82, 2.24) is 23.8 Å². The Hall–Kier alpha value is -2.38. The molecule has 0 radical (unpaired) electrons. The lowest BCUT2D eigenvalue weighted by molar-refractivity contribution is 0.0950. The van der Waals surface area contributed by atoms with Gasteiger partial charge in [0.1, 0.15) is 11.3 Å². The fourth-order valence-electron chi connectivity index (χ4n) is 4.24. The van der Waals surface area contributed by atoms with Crippen LogP contribution in [0.5, 0.6) is 0 Å². The molecule has 3 atom stereocenters. The Labute approximate surface area is 202 Å². The van der Waals surface area contributed by atoms with Crippen molar-refractivity contribution in [2.75, 3.05) is 31.2 Å². The maximum atomic E-state index is 15.0. The van der Waals surface area contributed by atoms with E-state index in [1.807, 2.05) is 11.5 Å². The SMILES string of the molecule is Cc1nc2c(F)cc(-c3nc(N[C@@H]4CCN(S(C)(=O)=O)C[C@H]4O)ncc3Cl)cc2n1[C@H](C)CN. The van der Waals surface area contributed by atoms with E-state index in [2.05, 4.69) is 20.3 Å². The zero-order chi connectivity index (χ0) is 24.8. The number of nitrogens with zero attached hydrogens (tertiary/aromatic N) is 5. The van der Waals surface area contributed by atoms with Gasteiger partial charge < -0.3 is 20.7 Å². The number of aliphatic hydroxyl groups is 1. The number of imidazole rings is 1. The van der Waals surface area contributed by atoms with E-state index in [1.54, 1.807) is 13.0 Å². The molecular weight excluding hydrogens is 485 g/mol. The van der Waals surface area contributed by atoms with E-state index in [1.165, 1.54) is 16.6 Å². The summed E-state index contributed by atoms with van der Waals surface area (Å²) < 4.78 is 41.6. The summed E-state index contributed by atoms with van der Waals surface area (Å²) in [5.74, 6) is 0.331. The molecule has 0 amide bonds. The number of hydrogen-bond donors (Lipinski definition) is 3. The average molecular weight is 512 g/mol. The topological polar surface area (TPSA) is 139 Å². The van der Waals surface area contributed by atoms with Gasteiger partial charge in [-0.15, -0.1) is 0 Å². The Kier molecular flexibility index (Phi) is 6.80. The molecule has 1 aliphatic heterocycles. The molecule has 13 heteroatoms. The third-order valence-electron chi connectivity index (χ3n) is 6.05. The average Bonchev–Trinajstić information content (AvgIpc) is 3.11. The van der Waals surface area contributed by atoms with Crippen molar-refractivity contribution in [3.63, 3.8) is 0 Å². The summed E-state index contributed by atoms with van der Waals surface area (Å²) in [7, 11) is -3.39. The minimum absolute atomic E-state index is 0.0263. The first-order chi connectivity index (χ1) is 16.0. The summed E-state index contributed by atoms with van der Waals surface area (Å²) in [5.41, 5.74) is 7.42. The highest BCUT2D eigenvalue weighted by Crippen LogP contribution is 2.32. The van der Waals surface area contributed by atoms with E-state index < -0.39 is 28.0 Å². The predicted molar refractivity (Wildman–Crippen MR) is 129 cm³/mol. The van der Waals surface area contributed by atoms with Crippen molar-refractivity contribution in [1.29, 1.82) is 0 Å². The van der Waals surface area contributed by atoms with Crippen LogP contribution in [0, 0.1) is 12.7 Å². The molecule has 3 aromatic rings. The van der Waals surface area contributed by atoms with Crippen molar-refractivity contribution < 1.29 is 17.9 Å². The van der Waals surface area contributed by atoms with Gasteiger partial charge in [0.15, 0.2) is 5.82 Å². The summed E-state index contributed by atoms with van der Waals surface area (Å²) in [6.07, 6.45) is 1.93. The van der Waals surface area contributed by atoms with Crippen LogP contribution in [0.2, 0.25) is 5.02 Å². The molecule has 34 heavy (non-hydrogen) atoms. The molecule has 2 aromatic heterocycles. The number of fused-ring (bicyclic) bond motifs is 1. The van der Waals surface area contributed by atoms with E-state index in [4.69, 9.17) is 17.3 Å². The van der Waals surface area contributed by atoms with Gasteiger partial charge in [-0.25, -0.2) is 27.8 Å². The number of aliphatic hydroxyl groups excluding tert-OH is 1. The van der Waals surface area contributed by atoms with E-state index in [9.17, 15) is 17.9 Å². The number of halogens is 2. The highest BCUT2D eigenvalue weighted by atomic mass is 35.5. The zero-order valence-corrected chi connectivity index (χ0v) is 20.6. The Bertz CT molecular complexity index is 1330. The summed E-state index contributed by atoms with van der Waals surface area (Å²) in [6, 6.07) is 2.55. The monoisotopic (exact) mass is 511 g/mol. The Balaban J connectivity index is 1.66. The van der Waals surface area contributed by atoms with Gasteiger partial charge >= 0.3 is 0 Å². The minimum Gasteiger partial charge on any atom is -0.390 e. The molecule has 4 N–H and O–H groups in total. The van der Waals surface area contributed by atoms with E-state index >= 15 is 0 Å². The van der Waals surface area contributed by atoms with Gasteiger partial charge in [0.2, 0.25) is 16.0 Å². The van der Waals surface area contributed by atoms with Gasteiger partial charge in [-0.2, -0.15) is 4.31 Å². The van der Waals surface area contributed by atoms with Crippen molar-refractivity contribution in [2.45, 2.75) is 38.5 Å². The Morgan fingerprint density at radius 2 is 2.12 bits per heavy atom. The second-order valence-corrected chi connectivity index (χ2v) is 10.9. The fraction of sp³-hybridized carbons (Fsp3) is 0.476. The standard InChI is InChI=1S/C21H27ClFN7O3S/c1-11(8-24)30-12(2)26-20-15(23)6-13(7-17(20)30)19-14(22)9-25-21(28-19)27-16-4-5-29(10-18(16)31)34(3,32)33/h6-7,9,11,16,18,31H,4-5,8,10,24H2,1-3H3,(H,25,27,28)/t11-,16-,18-/m1/s1. The first kappa shape index (κ1) is 24.7. The summed E-state index contributed by atoms with van der Waals surface area (Å²) in [6.45, 7) is 4.32. The third-order valence-corrected chi connectivity index (χ3v) is 7.60. The lowest BCUT2D eigenvalue weighted by Gasteiger charge is -2.34. The molecular formula is C21H27ClFN7O3S. The predicted octanol–water partition coefficient (Wildman–Crippen LogP) is 1.92. The van der Waals surface area contributed by atoms with Crippen LogP contribution in [0.25, 0.3) is 22.3 Å². The summed E-state index contributed by atoms with van der Waals surface area (Å²) in [4.78, 5) is 13.0. The Morgan fingerprint density at radius 1 is 1.38 bits per heavy atom. The van der Waals surface area contributed by atoms with Crippen molar-refractivity contribution in [2.24, 2.45) is 5.73 Å². The molecule has 184 valence electrons. The second kappa shape index (κ2) is 9.34. The molecule has 1 aromatic carbocycles. The van der Waals surface area contributed by atoms with E-state index in [0.717, 1.165) is 6.26 Å². The van der Waals surface area contributed by atoms with Crippen LogP contribution in [0.15, 0.2) is 18.3 Å². The molecule has 0 aliphatic carbocycles. The largest absolute Gasteiger partial charge is 0.390 e. The molecule has 10 nitrogen and oxygen atoms in total. The number of nitrogens with one attached hydrogen (secondary N) is 1. The number of nitrogens with two attached hydrogens (primary N) is 1. The van der Waals surface area contributed by atoms with Gasteiger partial charge in [0.05, 0.1) is 40.8 Å². The van der Waals surface area contributed by atoms with Gasteiger partial charge in [-0.3, -0.25) is 0 Å². The van der Waals surface area contributed by atoms with Gasteiger partial charge in [-0.1, -0.05) is 11.6 Å². The summed E-state index contributed by atoms with van der Waals surface area (Å²) >= 11 is 6.37. The van der Waals surface area contributed by atoms with Crippen LogP contribution in [0.3, 0.4) is 0 Å². The van der Waals surface area contributed by atoms with Crippen LogP contribution in [-0.2, 0) is 10.0 Å². The third kappa shape index (κ3) is 4.73. The summed E-state index contributed by atoms with van der Waals surface area (Å²) in [5, 5.41) is 13.7. The normalized spacial score (nSPS) is 20.6. The molecule has 0 unspecified atom stereocenters. The quantitative estimate of drug-likeness (QED) is 0.456. The number of rotatable bonds is 6. The molecule has 1 saturated heterocycles. The number of aryl methyl sites for hydroxylation is 1. The van der Waals surface area contributed by atoms with Crippen LogP contribution in [0.4, 0.5) is 10.3 Å². The van der Waals surface area contributed by atoms with Crippen molar-refractivity contribution in [3.05, 3.63) is 35.0 Å². The van der Waals surface area contributed by atoms with Gasteiger partial charge in [0, 0.05) is 31.2 Å². The number of hydrogen-bond acceptors (Lipinski definition) is 8. The fourth-order valence-corrected chi connectivity index (χ4v) is 5.31. The van der Waals surface area contributed by atoms with Crippen LogP contribution >= 0.6 is 11.6 Å². The van der Waals surface area contributed by atoms with Crippen LogP contribution in [0.1, 0.15) is 25.2 Å². The molecule has 3 heterocycles. The smallest absolute Gasteiger partial charge is 0.223 e.